The predicted octanol–water partition coefficient (Wildman–Crippen LogP) is 3.14. The minimum atomic E-state index is -0.0208. The molecule has 0 saturated heterocycles. The topological polar surface area (TPSA) is 40.9 Å². The lowest BCUT2D eigenvalue weighted by Crippen LogP contribution is -1.60. The van der Waals surface area contributed by atoms with Crippen LogP contribution in [0, 0.1) is 11.3 Å². The summed E-state index contributed by atoms with van der Waals surface area (Å²) in [5.74, 6) is 0. The fourth-order valence-corrected chi connectivity index (χ4v) is 0.385. The van der Waals surface area contributed by atoms with Gasteiger partial charge in [0, 0.05) is 13.8 Å². The molecule has 0 aromatic heterocycles. The van der Waals surface area contributed by atoms with Crippen LogP contribution < -0.4 is 0 Å². The van der Waals surface area contributed by atoms with Crippen LogP contribution in [0.5, 0.6) is 0 Å². The van der Waals surface area contributed by atoms with Gasteiger partial charge in [0.25, 0.3) is 0 Å². The van der Waals surface area contributed by atoms with Crippen molar-refractivity contribution in [1.82, 2.24) is 0 Å². The van der Waals surface area contributed by atoms with Crippen LogP contribution in [0.4, 0.5) is 0 Å². The molecule has 1 aromatic rings. The molecule has 0 amide bonds. The molecule has 0 unspecified atom stereocenters. The Morgan fingerprint density at radius 1 is 1.15 bits per heavy atom. The lowest BCUT2D eigenvalue weighted by atomic mass is 10.4. The molecule has 0 atom stereocenters. The molecule has 1 rings (SSSR count). The summed E-state index contributed by atoms with van der Waals surface area (Å²) < 4.78 is -0.0208. The molecule has 0 aliphatic heterocycles. The first-order chi connectivity index (χ1) is 6.15. The monoisotopic (exact) mass is 241 g/mol. The molecular weight excluding hydrogens is 230 g/mol. The van der Waals surface area contributed by atoms with Gasteiger partial charge in [0.2, 0.25) is 0 Å². The van der Waals surface area contributed by atoms with Crippen LogP contribution in [0.2, 0.25) is 0 Å². The van der Waals surface area contributed by atoms with Gasteiger partial charge in [0.15, 0.2) is 4.69 Å². The van der Waals surface area contributed by atoms with Gasteiger partial charge in [-0.15, -0.1) is 0 Å². The molecule has 3 heteroatoms. The average Bonchev–Trinajstić information content (AvgIpc) is 2.08. The zero-order valence-electron chi connectivity index (χ0n) is 7.70. The number of rotatable bonds is 0. The van der Waals surface area contributed by atoms with Gasteiger partial charge in [-0.3, -0.25) is 4.79 Å². The first-order valence-corrected chi connectivity index (χ1v) is 4.41. The molecule has 1 aromatic carbocycles. The van der Waals surface area contributed by atoms with Crippen LogP contribution in [0.15, 0.2) is 36.4 Å². The normalized spacial score (nSPS) is 6.31. The lowest BCUT2D eigenvalue weighted by Gasteiger charge is -1.69. The lowest BCUT2D eigenvalue weighted by molar-refractivity contribution is -0.108. The summed E-state index contributed by atoms with van der Waals surface area (Å²) >= 11 is 2.63. The van der Waals surface area contributed by atoms with Crippen LogP contribution in [-0.2, 0) is 4.79 Å². The molecule has 13 heavy (non-hydrogen) atoms. The highest BCUT2D eigenvalue weighted by molar-refractivity contribution is 9.18. The van der Waals surface area contributed by atoms with Crippen molar-refractivity contribution in [3.8, 4) is 6.07 Å². The van der Waals surface area contributed by atoms with Crippen LogP contribution in [0.25, 0.3) is 0 Å². The number of hydrogen-bond donors (Lipinski definition) is 0. The first kappa shape index (κ1) is 14.4. The summed E-state index contributed by atoms with van der Waals surface area (Å²) in [5.41, 5.74) is 0. The number of nitriles is 1. The van der Waals surface area contributed by atoms with Crippen LogP contribution in [0.1, 0.15) is 13.8 Å². The Kier molecular flexibility index (Phi) is 14.9. The molecule has 0 fully saturated rings. The first-order valence-electron chi connectivity index (χ1n) is 3.62. The quantitative estimate of drug-likeness (QED) is 0.655. The van der Waals surface area contributed by atoms with E-state index in [0.717, 1.165) is 0 Å². The molecule has 70 valence electrons. The smallest absolute Gasteiger partial charge is 0.194 e. The minimum absolute atomic E-state index is 0.0208. The fraction of sp³-hybridized carbons (Fsp3) is 0.200. The maximum absolute atomic E-state index is 9.36. The maximum Gasteiger partial charge on any atom is 0.194 e. The van der Waals surface area contributed by atoms with E-state index in [9.17, 15) is 4.79 Å². The zero-order chi connectivity index (χ0) is 10.5. The highest BCUT2D eigenvalue weighted by atomic mass is 79.9. The Labute approximate surface area is 87.3 Å². The molecule has 0 spiro atoms. The molecular formula is C10H12BrNO. The standard InChI is InChI=1S/C6H6.C2H3BrO.C2H3N/c1-2-4-6-5-3-1;1-2(3)4;1-2-3/h1-6H;1H3;1H3. The third kappa shape index (κ3) is 36.1. The van der Waals surface area contributed by atoms with E-state index in [1.807, 2.05) is 36.4 Å². The van der Waals surface area contributed by atoms with Gasteiger partial charge in [-0.1, -0.05) is 36.4 Å². The van der Waals surface area contributed by atoms with Gasteiger partial charge < -0.3 is 0 Å². The van der Waals surface area contributed by atoms with E-state index in [0.29, 0.717) is 0 Å². The van der Waals surface area contributed by atoms with Crippen molar-refractivity contribution in [3.05, 3.63) is 36.4 Å². The Bertz CT molecular complexity index is 210. The van der Waals surface area contributed by atoms with Crippen LogP contribution >= 0.6 is 15.9 Å². The number of nitrogens with zero attached hydrogens (tertiary/aromatic N) is 1. The van der Waals surface area contributed by atoms with Crippen molar-refractivity contribution in [1.29, 1.82) is 5.26 Å². The van der Waals surface area contributed by atoms with Crippen molar-refractivity contribution in [2.45, 2.75) is 13.8 Å². The Balaban J connectivity index is 0. The summed E-state index contributed by atoms with van der Waals surface area (Å²) in [7, 11) is 0. The van der Waals surface area contributed by atoms with Crippen molar-refractivity contribution >= 4 is 20.6 Å². The minimum Gasteiger partial charge on any atom is -0.287 e. The van der Waals surface area contributed by atoms with Gasteiger partial charge in [-0.2, -0.15) is 5.26 Å². The van der Waals surface area contributed by atoms with Gasteiger partial charge in [-0.25, -0.2) is 0 Å². The Morgan fingerprint density at radius 2 is 1.23 bits per heavy atom. The van der Waals surface area contributed by atoms with E-state index < -0.39 is 0 Å². The summed E-state index contributed by atoms with van der Waals surface area (Å²) in [6.07, 6.45) is 0. The van der Waals surface area contributed by atoms with Crippen LogP contribution in [-0.4, -0.2) is 4.69 Å². The molecule has 0 saturated carbocycles. The number of carbonyl (C=O) groups excluding carboxylic acids is 1. The van der Waals surface area contributed by atoms with Crippen LogP contribution in [0.3, 0.4) is 0 Å². The summed E-state index contributed by atoms with van der Waals surface area (Å²) in [5, 5.41) is 7.32. The number of hydrogen-bond acceptors (Lipinski definition) is 2. The second-order valence-corrected chi connectivity index (χ2v) is 2.97. The molecule has 0 heterocycles. The molecule has 0 aliphatic rings. The number of halogens is 1. The summed E-state index contributed by atoms with van der Waals surface area (Å²) in [6, 6.07) is 13.8. The molecule has 0 radical (unpaired) electrons. The molecule has 2 nitrogen and oxygen atoms in total. The van der Waals surface area contributed by atoms with Gasteiger partial charge in [0.05, 0.1) is 6.07 Å². The van der Waals surface area contributed by atoms with E-state index in [4.69, 9.17) is 5.26 Å². The van der Waals surface area contributed by atoms with Crippen molar-refractivity contribution in [2.75, 3.05) is 0 Å². The molecule has 0 bridgehead atoms. The fourth-order valence-electron chi connectivity index (χ4n) is 0.385. The molecule has 0 N–H and O–H groups in total. The van der Waals surface area contributed by atoms with Crippen molar-refractivity contribution < 1.29 is 4.79 Å². The van der Waals surface area contributed by atoms with E-state index in [-0.39, 0.29) is 4.69 Å². The second-order valence-electron chi connectivity index (χ2n) is 1.85. The summed E-state index contributed by atoms with van der Waals surface area (Å²) in [4.78, 5) is 9.36. The van der Waals surface area contributed by atoms with E-state index in [2.05, 4.69) is 15.9 Å². The summed E-state index contributed by atoms with van der Waals surface area (Å²) in [6.45, 7) is 2.88. The second kappa shape index (κ2) is 13.4. The third-order valence-corrected chi connectivity index (χ3v) is 0.667. The van der Waals surface area contributed by atoms with E-state index in [1.54, 1.807) is 6.07 Å². The highest BCUT2D eigenvalue weighted by Crippen LogP contribution is 1.79. The maximum atomic E-state index is 9.36. The van der Waals surface area contributed by atoms with E-state index >= 15 is 0 Å². The van der Waals surface area contributed by atoms with Gasteiger partial charge >= 0.3 is 0 Å². The van der Waals surface area contributed by atoms with Crippen molar-refractivity contribution in [2.24, 2.45) is 0 Å². The Hall–Kier alpha value is -1.14. The predicted molar refractivity (Wildman–Crippen MR) is 57.3 cm³/mol. The number of benzene rings is 1. The number of carbonyl (C=O) groups is 1. The van der Waals surface area contributed by atoms with Gasteiger partial charge in [0.1, 0.15) is 0 Å². The third-order valence-electron chi connectivity index (χ3n) is 0.667. The Morgan fingerprint density at radius 3 is 1.31 bits per heavy atom. The van der Waals surface area contributed by atoms with Crippen molar-refractivity contribution in [3.63, 3.8) is 0 Å². The zero-order valence-corrected chi connectivity index (χ0v) is 9.28. The largest absolute Gasteiger partial charge is 0.287 e. The van der Waals surface area contributed by atoms with Gasteiger partial charge in [-0.05, 0) is 15.9 Å². The van der Waals surface area contributed by atoms with E-state index in [1.165, 1.54) is 13.8 Å². The average molecular weight is 242 g/mol. The highest BCUT2D eigenvalue weighted by Gasteiger charge is 1.66. The SMILES string of the molecule is CC#N.CC(=O)Br.c1ccccc1. The molecule has 0 aliphatic carbocycles.